The van der Waals surface area contributed by atoms with Gasteiger partial charge in [-0.15, -0.1) is 0 Å². The second-order valence-electron chi connectivity index (χ2n) is 3.11. The highest BCUT2D eigenvalue weighted by molar-refractivity contribution is 5.36. The summed E-state index contributed by atoms with van der Waals surface area (Å²) >= 11 is 0. The van der Waals surface area contributed by atoms with Gasteiger partial charge in [0.2, 0.25) is 5.95 Å². The van der Waals surface area contributed by atoms with Crippen molar-refractivity contribution in [2.24, 2.45) is 0 Å². The standard InChI is InChI=1S/C9H14FN3O/c1-7(5-14-3)13(2)9-4-8(10)11-6-12-9/h4,6-7H,5H2,1-3H3. The van der Waals surface area contributed by atoms with E-state index in [0.29, 0.717) is 12.4 Å². The van der Waals surface area contributed by atoms with Crippen molar-refractivity contribution in [3.8, 4) is 0 Å². The molecule has 0 saturated heterocycles. The fourth-order valence-electron chi connectivity index (χ4n) is 1.10. The van der Waals surface area contributed by atoms with E-state index in [2.05, 4.69) is 9.97 Å². The summed E-state index contributed by atoms with van der Waals surface area (Å²) in [5.41, 5.74) is 0. The van der Waals surface area contributed by atoms with Crippen molar-refractivity contribution in [2.45, 2.75) is 13.0 Å². The van der Waals surface area contributed by atoms with Gasteiger partial charge in [0.1, 0.15) is 12.1 Å². The minimum atomic E-state index is -0.522. The van der Waals surface area contributed by atoms with Crippen LogP contribution in [0.15, 0.2) is 12.4 Å². The molecule has 0 radical (unpaired) electrons. The number of hydrogen-bond acceptors (Lipinski definition) is 4. The lowest BCUT2D eigenvalue weighted by molar-refractivity contribution is 0.183. The van der Waals surface area contributed by atoms with Crippen LogP contribution in [-0.2, 0) is 4.74 Å². The summed E-state index contributed by atoms with van der Waals surface area (Å²) in [4.78, 5) is 9.20. The SMILES string of the molecule is COCC(C)N(C)c1cc(F)ncn1. The molecule has 1 aromatic rings. The molecule has 1 atom stereocenters. The van der Waals surface area contributed by atoms with Crippen molar-refractivity contribution >= 4 is 5.82 Å². The van der Waals surface area contributed by atoms with Crippen LogP contribution in [0.1, 0.15) is 6.92 Å². The number of ether oxygens (including phenoxy) is 1. The third-order valence-electron chi connectivity index (χ3n) is 2.05. The average molecular weight is 199 g/mol. The van der Waals surface area contributed by atoms with Crippen molar-refractivity contribution in [1.82, 2.24) is 9.97 Å². The number of likely N-dealkylation sites (N-methyl/N-ethyl adjacent to an activating group) is 1. The van der Waals surface area contributed by atoms with E-state index >= 15 is 0 Å². The van der Waals surface area contributed by atoms with Gasteiger partial charge in [-0.2, -0.15) is 4.39 Å². The summed E-state index contributed by atoms with van der Waals surface area (Å²) in [6.45, 7) is 2.55. The molecule has 4 nitrogen and oxygen atoms in total. The van der Waals surface area contributed by atoms with Gasteiger partial charge in [-0.3, -0.25) is 0 Å². The Balaban J connectivity index is 2.73. The van der Waals surface area contributed by atoms with Gasteiger partial charge in [0, 0.05) is 20.2 Å². The van der Waals surface area contributed by atoms with E-state index in [1.165, 1.54) is 12.4 Å². The zero-order valence-corrected chi connectivity index (χ0v) is 8.57. The average Bonchev–Trinajstić information content (AvgIpc) is 2.17. The molecule has 0 aliphatic carbocycles. The first kappa shape index (κ1) is 10.8. The van der Waals surface area contributed by atoms with Crippen LogP contribution < -0.4 is 4.90 Å². The van der Waals surface area contributed by atoms with Crippen LogP contribution in [0.25, 0.3) is 0 Å². The van der Waals surface area contributed by atoms with Crippen LogP contribution in [0.2, 0.25) is 0 Å². The predicted octanol–water partition coefficient (Wildman–Crippen LogP) is 1.09. The Kier molecular flexibility index (Phi) is 3.76. The van der Waals surface area contributed by atoms with Crippen molar-refractivity contribution in [3.63, 3.8) is 0 Å². The maximum Gasteiger partial charge on any atom is 0.218 e. The summed E-state index contributed by atoms with van der Waals surface area (Å²) in [5.74, 6) is 0.0357. The number of hydrogen-bond donors (Lipinski definition) is 0. The van der Waals surface area contributed by atoms with Crippen LogP contribution >= 0.6 is 0 Å². The van der Waals surface area contributed by atoms with Crippen molar-refractivity contribution in [3.05, 3.63) is 18.3 Å². The Bertz CT molecular complexity index is 295. The molecule has 0 aliphatic heterocycles. The number of aromatic nitrogens is 2. The van der Waals surface area contributed by atoms with Gasteiger partial charge in [-0.1, -0.05) is 0 Å². The van der Waals surface area contributed by atoms with E-state index in [0.717, 1.165) is 0 Å². The molecule has 1 rings (SSSR count). The van der Waals surface area contributed by atoms with Gasteiger partial charge in [-0.25, -0.2) is 9.97 Å². The molecule has 0 bridgehead atoms. The first-order valence-electron chi connectivity index (χ1n) is 4.34. The molecule has 0 N–H and O–H groups in total. The Hall–Kier alpha value is -1.23. The summed E-state index contributed by atoms with van der Waals surface area (Å²) in [6.07, 6.45) is 1.21. The summed E-state index contributed by atoms with van der Waals surface area (Å²) in [6, 6.07) is 1.45. The highest BCUT2D eigenvalue weighted by Crippen LogP contribution is 2.11. The van der Waals surface area contributed by atoms with Crippen molar-refractivity contribution in [2.75, 3.05) is 25.7 Å². The minimum absolute atomic E-state index is 0.147. The molecular formula is C9H14FN3O. The van der Waals surface area contributed by atoms with E-state index < -0.39 is 5.95 Å². The fraction of sp³-hybridized carbons (Fsp3) is 0.556. The Morgan fingerprint density at radius 1 is 1.57 bits per heavy atom. The maximum absolute atomic E-state index is 12.8. The molecular weight excluding hydrogens is 185 g/mol. The van der Waals surface area contributed by atoms with Gasteiger partial charge < -0.3 is 9.64 Å². The van der Waals surface area contributed by atoms with Crippen LogP contribution in [-0.4, -0.2) is 36.8 Å². The molecule has 0 saturated carbocycles. The molecule has 5 heteroatoms. The van der Waals surface area contributed by atoms with Crippen LogP contribution in [0.5, 0.6) is 0 Å². The van der Waals surface area contributed by atoms with Gasteiger partial charge in [0.15, 0.2) is 0 Å². The molecule has 1 aromatic heterocycles. The van der Waals surface area contributed by atoms with Gasteiger partial charge in [0.25, 0.3) is 0 Å². The third kappa shape index (κ3) is 2.63. The normalized spacial score (nSPS) is 12.6. The number of methoxy groups -OCH3 is 1. The number of halogens is 1. The summed E-state index contributed by atoms with van der Waals surface area (Å²) in [5, 5.41) is 0. The minimum Gasteiger partial charge on any atom is -0.383 e. The molecule has 14 heavy (non-hydrogen) atoms. The fourth-order valence-corrected chi connectivity index (χ4v) is 1.10. The Morgan fingerprint density at radius 3 is 2.86 bits per heavy atom. The lowest BCUT2D eigenvalue weighted by Crippen LogP contribution is -2.33. The largest absolute Gasteiger partial charge is 0.383 e. The molecule has 0 fully saturated rings. The van der Waals surface area contributed by atoms with Crippen LogP contribution in [0, 0.1) is 5.95 Å². The lowest BCUT2D eigenvalue weighted by Gasteiger charge is -2.24. The highest BCUT2D eigenvalue weighted by atomic mass is 19.1. The number of rotatable bonds is 4. The zero-order valence-electron chi connectivity index (χ0n) is 8.57. The van der Waals surface area contributed by atoms with Crippen molar-refractivity contribution < 1.29 is 9.13 Å². The number of nitrogens with zero attached hydrogens (tertiary/aromatic N) is 3. The molecule has 78 valence electrons. The van der Waals surface area contributed by atoms with Gasteiger partial charge >= 0.3 is 0 Å². The van der Waals surface area contributed by atoms with Crippen molar-refractivity contribution in [1.29, 1.82) is 0 Å². The molecule has 0 aliphatic rings. The molecule has 0 spiro atoms. The lowest BCUT2D eigenvalue weighted by atomic mass is 10.3. The molecule has 1 unspecified atom stereocenters. The highest BCUT2D eigenvalue weighted by Gasteiger charge is 2.11. The molecule has 0 amide bonds. The second-order valence-corrected chi connectivity index (χ2v) is 3.11. The third-order valence-corrected chi connectivity index (χ3v) is 2.05. The Labute approximate surface area is 82.7 Å². The second kappa shape index (κ2) is 4.85. The first-order chi connectivity index (χ1) is 6.65. The van der Waals surface area contributed by atoms with E-state index in [9.17, 15) is 4.39 Å². The quantitative estimate of drug-likeness (QED) is 0.680. The smallest absolute Gasteiger partial charge is 0.218 e. The predicted molar refractivity (Wildman–Crippen MR) is 51.7 cm³/mol. The maximum atomic E-state index is 12.8. The van der Waals surface area contributed by atoms with E-state index in [4.69, 9.17) is 4.74 Å². The topological polar surface area (TPSA) is 38.2 Å². The Morgan fingerprint density at radius 2 is 2.29 bits per heavy atom. The van der Waals surface area contributed by atoms with Crippen LogP contribution in [0.3, 0.4) is 0 Å². The monoisotopic (exact) mass is 199 g/mol. The molecule has 1 heterocycles. The first-order valence-corrected chi connectivity index (χ1v) is 4.34. The van der Waals surface area contributed by atoms with E-state index in [1.807, 2.05) is 18.9 Å². The number of anilines is 1. The summed E-state index contributed by atoms with van der Waals surface area (Å²) < 4.78 is 17.8. The molecule has 0 aromatic carbocycles. The summed E-state index contributed by atoms with van der Waals surface area (Å²) in [7, 11) is 3.47. The van der Waals surface area contributed by atoms with Gasteiger partial charge in [0.05, 0.1) is 12.6 Å². The van der Waals surface area contributed by atoms with E-state index in [1.54, 1.807) is 7.11 Å². The van der Waals surface area contributed by atoms with Crippen LogP contribution in [0.4, 0.5) is 10.2 Å². The zero-order chi connectivity index (χ0) is 10.6. The van der Waals surface area contributed by atoms with Gasteiger partial charge in [-0.05, 0) is 6.92 Å². The van der Waals surface area contributed by atoms with E-state index in [-0.39, 0.29) is 6.04 Å².